The monoisotopic (exact) mass is 404 g/mol. The predicted octanol–water partition coefficient (Wildman–Crippen LogP) is 4.21. The van der Waals surface area contributed by atoms with Crippen LogP contribution in [0, 0.1) is 0 Å². The molecular formula is C24H32N6. The average molecular weight is 405 g/mol. The third-order valence-electron chi connectivity index (χ3n) is 5.69. The maximum atomic E-state index is 4.83. The fourth-order valence-electron chi connectivity index (χ4n) is 4.30. The van der Waals surface area contributed by atoms with Crippen LogP contribution in [-0.4, -0.2) is 58.3 Å². The number of para-hydroxylation sites is 2. The van der Waals surface area contributed by atoms with Crippen molar-refractivity contribution in [1.29, 1.82) is 0 Å². The highest BCUT2D eigenvalue weighted by atomic mass is 15.2. The van der Waals surface area contributed by atoms with E-state index in [1.165, 1.54) is 17.7 Å². The Morgan fingerprint density at radius 2 is 2.07 bits per heavy atom. The second-order valence-electron chi connectivity index (χ2n) is 8.32. The van der Waals surface area contributed by atoms with Crippen molar-refractivity contribution in [1.82, 2.24) is 24.8 Å². The van der Waals surface area contributed by atoms with Gasteiger partial charge in [0, 0.05) is 26.8 Å². The third-order valence-corrected chi connectivity index (χ3v) is 5.69. The van der Waals surface area contributed by atoms with Crippen LogP contribution in [0.2, 0.25) is 0 Å². The number of hydrogen-bond donors (Lipinski definition) is 1. The average Bonchev–Trinajstić information content (AvgIpc) is 3.17. The molecule has 0 saturated heterocycles. The molecule has 0 bridgehead atoms. The van der Waals surface area contributed by atoms with Gasteiger partial charge in [-0.1, -0.05) is 18.2 Å². The van der Waals surface area contributed by atoms with Gasteiger partial charge in [-0.2, -0.15) is 0 Å². The minimum Gasteiger partial charge on any atom is -0.369 e. The summed E-state index contributed by atoms with van der Waals surface area (Å²) >= 11 is 0. The highest BCUT2D eigenvalue weighted by Gasteiger charge is 2.27. The van der Waals surface area contributed by atoms with Crippen molar-refractivity contribution >= 4 is 17.4 Å². The standard InChI is InChI=1S/C24H32N6/c1-29(2)18-25-14-5-6-16-30(17-23-27-20-11-3-4-12-21(20)28-23)22-13-7-9-19-10-8-15-26-24(19)22/h3-4,8,10-12,15,18,22H,5-7,9,13-14,16-17H2,1-2H3,(H,27,28). The lowest BCUT2D eigenvalue weighted by atomic mass is 9.90. The Morgan fingerprint density at radius 3 is 2.93 bits per heavy atom. The normalized spacial score (nSPS) is 16.4. The van der Waals surface area contributed by atoms with Gasteiger partial charge in [-0.15, -0.1) is 0 Å². The molecule has 0 spiro atoms. The van der Waals surface area contributed by atoms with Gasteiger partial charge in [0.1, 0.15) is 5.82 Å². The minimum atomic E-state index is 0.355. The first-order chi connectivity index (χ1) is 14.7. The number of benzene rings is 1. The second-order valence-corrected chi connectivity index (χ2v) is 8.32. The summed E-state index contributed by atoms with van der Waals surface area (Å²) in [7, 11) is 4.01. The molecule has 30 heavy (non-hydrogen) atoms. The Kier molecular flexibility index (Phi) is 6.74. The van der Waals surface area contributed by atoms with Gasteiger partial charge in [0.05, 0.1) is 35.7 Å². The summed E-state index contributed by atoms with van der Waals surface area (Å²) in [5.74, 6) is 1.03. The summed E-state index contributed by atoms with van der Waals surface area (Å²) in [6.07, 6.45) is 9.54. The maximum Gasteiger partial charge on any atom is 0.121 e. The van der Waals surface area contributed by atoms with Gasteiger partial charge < -0.3 is 9.88 Å². The first-order valence-electron chi connectivity index (χ1n) is 11.0. The van der Waals surface area contributed by atoms with Crippen LogP contribution in [0.25, 0.3) is 11.0 Å². The summed E-state index contributed by atoms with van der Waals surface area (Å²) in [4.78, 5) is 22.2. The molecule has 0 aliphatic heterocycles. The lowest BCUT2D eigenvalue weighted by Crippen LogP contribution is -2.33. The minimum absolute atomic E-state index is 0.355. The quantitative estimate of drug-likeness (QED) is 0.330. The maximum absolute atomic E-state index is 4.83. The number of fused-ring (bicyclic) bond motifs is 2. The second kappa shape index (κ2) is 9.85. The number of hydrogen-bond acceptors (Lipinski definition) is 4. The van der Waals surface area contributed by atoms with E-state index in [0.29, 0.717) is 6.04 Å². The van der Waals surface area contributed by atoms with Crippen molar-refractivity contribution in [3.05, 3.63) is 59.7 Å². The van der Waals surface area contributed by atoms with Crippen LogP contribution < -0.4 is 0 Å². The van der Waals surface area contributed by atoms with E-state index in [1.807, 2.05) is 37.6 Å². The SMILES string of the molecule is CN(C)C=NCCCCN(Cc1nc2ccccc2[nH]1)C1CCCc2cccnc21. The fraction of sp³-hybridized carbons (Fsp3) is 0.458. The number of pyridine rings is 1. The number of aliphatic imine (C=N–C) groups is 1. The molecule has 0 fully saturated rings. The number of aromatic nitrogens is 3. The zero-order valence-electron chi connectivity index (χ0n) is 18.1. The molecule has 0 amide bonds. The van der Waals surface area contributed by atoms with E-state index in [-0.39, 0.29) is 0 Å². The molecule has 2 aromatic heterocycles. The summed E-state index contributed by atoms with van der Waals surface area (Å²) in [6.45, 7) is 2.71. The van der Waals surface area contributed by atoms with Gasteiger partial charge in [-0.25, -0.2) is 4.98 Å². The van der Waals surface area contributed by atoms with Crippen LogP contribution >= 0.6 is 0 Å². The van der Waals surface area contributed by atoms with Crippen molar-refractivity contribution in [3.8, 4) is 0 Å². The summed E-state index contributed by atoms with van der Waals surface area (Å²) in [5.41, 5.74) is 4.80. The third kappa shape index (κ3) is 5.05. The van der Waals surface area contributed by atoms with Crippen LogP contribution in [0.15, 0.2) is 47.6 Å². The molecule has 158 valence electrons. The van der Waals surface area contributed by atoms with Gasteiger partial charge >= 0.3 is 0 Å². The molecule has 1 aliphatic rings. The first-order valence-corrected chi connectivity index (χ1v) is 11.0. The number of aryl methyl sites for hydroxylation is 1. The van der Waals surface area contributed by atoms with Crippen LogP contribution in [0.1, 0.15) is 48.8 Å². The molecule has 1 atom stereocenters. The Labute approximate surface area is 179 Å². The van der Waals surface area contributed by atoms with E-state index in [1.54, 1.807) is 0 Å². The van der Waals surface area contributed by atoms with Gasteiger partial charge in [0.25, 0.3) is 0 Å². The molecule has 1 N–H and O–H groups in total. The lowest BCUT2D eigenvalue weighted by Gasteiger charge is -2.34. The van der Waals surface area contributed by atoms with Gasteiger partial charge in [-0.3, -0.25) is 14.9 Å². The molecule has 3 aromatic rings. The molecule has 0 radical (unpaired) electrons. The van der Waals surface area contributed by atoms with E-state index < -0.39 is 0 Å². The smallest absolute Gasteiger partial charge is 0.121 e. The van der Waals surface area contributed by atoms with Crippen LogP contribution in [-0.2, 0) is 13.0 Å². The molecular weight excluding hydrogens is 372 g/mol. The summed E-state index contributed by atoms with van der Waals surface area (Å²) < 4.78 is 0. The first kappa shape index (κ1) is 20.5. The van der Waals surface area contributed by atoms with Crippen molar-refractivity contribution in [3.63, 3.8) is 0 Å². The highest BCUT2D eigenvalue weighted by molar-refractivity contribution is 5.74. The van der Waals surface area contributed by atoms with Crippen molar-refractivity contribution in [2.24, 2.45) is 4.99 Å². The van der Waals surface area contributed by atoms with E-state index in [9.17, 15) is 0 Å². The summed E-state index contributed by atoms with van der Waals surface area (Å²) in [5, 5.41) is 0. The largest absolute Gasteiger partial charge is 0.369 e. The molecule has 0 saturated carbocycles. The topological polar surface area (TPSA) is 60.4 Å². The fourth-order valence-corrected chi connectivity index (χ4v) is 4.30. The van der Waals surface area contributed by atoms with Gasteiger partial charge in [-0.05, 0) is 62.4 Å². The molecule has 1 aliphatic carbocycles. The van der Waals surface area contributed by atoms with Crippen molar-refractivity contribution in [2.45, 2.75) is 44.7 Å². The predicted molar refractivity (Wildman–Crippen MR) is 123 cm³/mol. The molecule has 2 heterocycles. The van der Waals surface area contributed by atoms with Crippen molar-refractivity contribution in [2.75, 3.05) is 27.2 Å². The van der Waals surface area contributed by atoms with E-state index >= 15 is 0 Å². The van der Waals surface area contributed by atoms with Crippen LogP contribution in [0.3, 0.4) is 0 Å². The number of aromatic amines is 1. The van der Waals surface area contributed by atoms with Gasteiger partial charge in [0.2, 0.25) is 0 Å². The number of unbranched alkanes of at least 4 members (excludes halogenated alkanes) is 1. The van der Waals surface area contributed by atoms with Crippen LogP contribution in [0.4, 0.5) is 0 Å². The van der Waals surface area contributed by atoms with E-state index in [0.717, 1.165) is 62.2 Å². The van der Waals surface area contributed by atoms with Gasteiger partial charge in [0.15, 0.2) is 0 Å². The number of imidazole rings is 1. The zero-order valence-corrected chi connectivity index (χ0v) is 18.1. The zero-order chi connectivity index (χ0) is 20.8. The van der Waals surface area contributed by atoms with Crippen LogP contribution in [0.5, 0.6) is 0 Å². The number of nitrogens with zero attached hydrogens (tertiary/aromatic N) is 5. The van der Waals surface area contributed by atoms with E-state index in [4.69, 9.17) is 9.97 Å². The van der Waals surface area contributed by atoms with Crippen molar-refractivity contribution < 1.29 is 0 Å². The molecule has 1 unspecified atom stereocenters. The lowest BCUT2D eigenvalue weighted by molar-refractivity contribution is 0.159. The molecule has 4 rings (SSSR count). The Hall–Kier alpha value is -2.73. The number of H-pyrrole nitrogens is 1. The Bertz CT molecular complexity index is 943. The Balaban J connectivity index is 1.49. The molecule has 6 heteroatoms. The Morgan fingerprint density at radius 1 is 1.17 bits per heavy atom. The van der Waals surface area contributed by atoms with E-state index in [2.05, 4.69) is 45.2 Å². The summed E-state index contributed by atoms with van der Waals surface area (Å²) in [6, 6.07) is 12.9. The highest BCUT2D eigenvalue weighted by Crippen LogP contribution is 2.33. The number of nitrogens with one attached hydrogen (secondary N) is 1. The number of rotatable bonds is 9. The molecule has 1 aromatic carbocycles. The molecule has 6 nitrogen and oxygen atoms in total.